The molecule has 328 valence electrons. The van der Waals surface area contributed by atoms with Crippen molar-refractivity contribution in [2.45, 2.75) is 200 Å². The molecule has 0 aliphatic carbocycles. The van der Waals surface area contributed by atoms with Crippen LogP contribution in [0.25, 0.3) is 0 Å². The lowest BCUT2D eigenvalue weighted by molar-refractivity contribution is -0.870. The number of rotatable bonds is 41. The van der Waals surface area contributed by atoms with Gasteiger partial charge in [0.15, 0.2) is 6.10 Å². The van der Waals surface area contributed by atoms with E-state index in [-0.39, 0.29) is 26.1 Å². The van der Waals surface area contributed by atoms with Crippen LogP contribution >= 0.6 is 7.82 Å². The molecule has 2 atom stereocenters. The third kappa shape index (κ3) is 41.9. The molecule has 0 aromatic rings. The van der Waals surface area contributed by atoms with Crippen molar-refractivity contribution >= 4 is 19.8 Å². The van der Waals surface area contributed by atoms with Crippen LogP contribution in [0.15, 0.2) is 36.5 Å². The maximum Gasteiger partial charge on any atom is 0.306 e. The van der Waals surface area contributed by atoms with Gasteiger partial charge in [0.1, 0.15) is 19.8 Å². The van der Waals surface area contributed by atoms with Crippen LogP contribution in [0.4, 0.5) is 0 Å². The summed E-state index contributed by atoms with van der Waals surface area (Å²) in [5.74, 6) is -0.890. The van der Waals surface area contributed by atoms with Crippen molar-refractivity contribution < 1.29 is 42.1 Å². The predicted octanol–water partition coefficient (Wildman–Crippen LogP) is 12.3. The monoisotopic (exact) mass is 812 g/mol. The molecular formula is C46H86NO8P. The van der Waals surface area contributed by atoms with Crippen LogP contribution in [0.1, 0.15) is 194 Å². The van der Waals surface area contributed by atoms with Gasteiger partial charge in [0, 0.05) is 12.8 Å². The summed E-state index contributed by atoms with van der Waals surface area (Å²) in [6.45, 7) is 4.17. The fourth-order valence-electron chi connectivity index (χ4n) is 6.08. The van der Waals surface area contributed by atoms with E-state index >= 15 is 0 Å². The molecule has 0 N–H and O–H groups in total. The van der Waals surface area contributed by atoms with Gasteiger partial charge in [0.2, 0.25) is 0 Å². The number of phosphoric ester groups is 1. The molecule has 0 spiro atoms. The molecular weight excluding hydrogens is 725 g/mol. The number of quaternary nitrogens is 1. The van der Waals surface area contributed by atoms with E-state index in [9.17, 15) is 19.0 Å². The number of ether oxygens (including phenoxy) is 2. The van der Waals surface area contributed by atoms with Gasteiger partial charge in [0.25, 0.3) is 7.82 Å². The van der Waals surface area contributed by atoms with Crippen molar-refractivity contribution in [1.29, 1.82) is 0 Å². The quantitative estimate of drug-likeness (QED) is 0.0197. The number of allylic oxidation sites excluding steroid dienone is 6. The number of carbonyl (C=O) groups is 2. The molecule has 56 heavy (non-hydrogen) atoms. The molecule has 0 aliphatic heterocycles. The summed E-state index contributed by atoms with van der Waals surface area (Å²) in [5.41, 5.74) is 0. The summed E-state index contributed by atoms with van der Waals surface area (Å²) >= 11 is 0. The van der Waals surface area contributed by atoms with E-state index in [4.69, 9.17) is 18.5 Å². The predicted molar refractivity (Wildman–Crippen MR) is 231 cm³/mol. The van der Waals surface area contributed by atoms with E-state index < -0.39 is 32.5 Å². The van der Waals surface area contributed by atoms with Gasteiger partial charge in [-0.2, -0.15) is 0 Å². The highest BCUT2D eigenvalue weighted by Crippen LogP contribution is 2.38. The van der Waals surface area contributed by atoms with Crippen molar-refractivity contribution in [3.63, 3.8) is 0 Å². The first-order valence-electron chi connectivity index (χ1n) is 22.7. The van der Waals surface area contributed by atoms with Crippen molar-refractivity contribution in [2.24, 2.45) is 0 Å². The maximum atomic E-state index is 12.7. The molecule has 9 nitrogen and oxygen atoms in total. The molecule has 0 amide bonds. The Balaban J connectivity index is 4.42. The van der Waals surface area contributed by atoms with E-state index in [0.29, 0.717) is 23.9 Å². The van der Waals surface area contributed by atoms with Gasteiger partial charge >= 0.3 is 11.9 Å². The van der Waals surface area contributed by atoms with Crippen LogP contribution in [0.2, 0.25) is 0 Å². The lowest BCUT2D eigenvalue weighted by Gasteiger charge is -2.28. The number of unbranched alkanes of at least 4 members (excludes halogenated alkanes) is 21. The second-order valence-corrected chi connectivity index (χ2v) is 17.8. The Morgan fingerprint density at radius 3 is 1.48 bits per heavy atom. The SMILES string of the molecule is CCCCCCCC/C=C/C/C=C/C/C=C/CCCC(=O)OC(COC(=O)CCCCCCCCCCCCCCCCC)COP(=O)([O-])OCC[N+](C)(C)C. The largest absolute Gasteiger partial charge is 0.756 e. The highest BCUT2D eigenvalue weighted by Gasteiger charge is 2.21. The molecule has 0 bridgehead atoms. The van der Waals surface area contributed by atoms with Crippen molar-refractivity contribution in [1.82, 2.24) is 0 Å². The molecule has 0 radical (unpaired) electrons. The lowest BCUT2D eigenvalue weighted by Crippen LogP contribution is -2.37. The summed E-state index contributed by atoms with van der Waals surface area (Å²) < 4.78 is 33.8. The summed E-state index contributed by atoms with van der Waals surface area (Å²) in [4.78, 5) is 37.5. The zero-order valence-electron chi connectivity index (χ0n) is 36.8. The number of carbonyl (C=O) groups excluding carboxylic acids is 2. The number of hydrogen-bond acceptors (Lipinski definition) is 8. The van der Waals surface area contributed by atoms with E-state index in [1.165, 1.54) is 116 Å². The number of nitrogens with zero attached hydrogens (tertiary/aromatic N) is 1. The smallest absolute Gasteiger partial charge is 0.306 e. The standard InChI is InChI=1S/C46H86NO8P/c1-6-8-10-12-14-16-18-20-22-23-25-27-29-31-33-35-37-39-46(49)55-44(43-54-56(50,51)53-41-40-47(3,4)5)42-52-45(48)38-36-34-32-30-28-26-24-21-19-17-15-13-11-9-7-2/h20,22,25,27,31,33,44H,6-19,21,23-24,26,28-30,32,34-43H2,1-5H3/b22-20+,27-25+,33-31+. The summed E-state index contributed by atoms with van der Waals surface area (Å²) in [6.07, 6.45) is 43.2. The van der Waals surface area contributed by atoms with Gasteiger partial charge < -0.3 is 27.9 Å². The molecule has 0 saturated heterocycles. The molecule has 0 rings (SSSR count). The first-order valence-corrected chi connectivity index (χ1v) is 24.2. The van der Waals surface area contributed by atoms with Crippen molar-refractivity contribution in [3.8, 4) is 0 Å². The first kappa shape index (κ1) is 54.2. The Kier molecular flexibility index (Phi) is 37.5. The summed E-state index contributed by atoms with van der Waals surface area (Å²) in [6, 6.07) is 0. The van der Waals surface area contributed by atoms with E-state index in [1.54, 1.807) is 0 Å². The molecule has 0 aromatic carbocycles. The lowest BCUT2D eigenvalue weighted by atomic mass is 10.0. The zero-order chi connectivity index (χ0) is 41.4. The third-order valence-corrected chi connectivity index (χ3v) is 10.6. The summed E-state index contributed by atoms with van der Waals surface area (Å²) in [5, 5.41) is 0. The molecule has 0 fully saturated rings. The second kappa shape index (κ2) is 38.7. The Labute approximate surface area is 344 Å². The van der Waals surface area contributed by atoms with Gasteiger partial charge in [0.05, 0.1) is 27.7 Å². The number of esters is 2. The highest BCUT2D eigenvalue weighted by molar-refractivity contribution is 7.45. The normalized spacial score (nSPS) is 13.9. The highest BCUT2D eigenvalue weighted by atomic mass is 31.2. The maximum absolute atomic E-state index is 12.7. The number of likely N-dealkylation sites (N-methyl/N-ethyl adjacent to an activating group) is 1. The van der Waals surface area contributed by atoms with Gasteiger partial charge in [-0.1, -0.05) is 172 Å². The average molecular weight is 812 g/mol. The fourth-order valence-corrected chi connectivity index (χ4v) is 6.81. The third-order valence-electron chi connectivity index (χ3n) is 9.66. The summed E-state index contributed by atoms with van der Waals surface area (Å²) in [7, 11) is 1.14. The molecule has 0 aromatic heterocycles. The molecule has 0 heterocycles. The molecule has 0 saturated carbocycles. The van der Waals surface area contributed by atoms with Crippen LogP contribution in [0.5, 0.6) is 0 Å². The zero-order valence-corrected chi connectivity index (χ0v) is 37.7. The van der Waals surface area contributed by atoms with E-state index in [1.807, 2.05) is 27.2 Å². The van der Waals surface area contributed by atoms with Crippen LogP contribution < -0.4 is 4.89 Å². The van der Waals surface area contributed by atoms with Crippen LogP contribution in [-0.4, -0.2) is 70.0 Å². The average Bonchev–Trinajstić information content (AvgIpc) is 3.15. The van der Waals surface area contributed by atoms with E-state index in [0.717, 1.165) is 38.5 Å². The van der Waals surface area contributed by atoms with Crippen LogP contribution in [-0.2, 0) is 32.7 Å². The minimum atomic E-state index is -4.64. The fraction of sp³-hybridized carbons (Fsp3) is 0.826. The molecule has 2 unspecified atom stereocenters. The molecule has 10 heteroatoms. The van der Waals surface area contributed by atoms with Crippen molar-refractivity contribution in [3.05, 3.63) is 36.5 Å². The number of hydrogen-bond donors (Lipinski definition) is 0. The Morgan fingerprint density at radius 2 is 0.982 bits per heavy atom. The van der Waals surface area contributed by atoms with E-state index in [2.05, 4.69) is 44.2 Å². The Hall–Kier alpha value is -1.77. The van der Waals surface area contributed by atoms with Gasteiger partial charge in [-0.3, -0.25) is 14.2 Å². The number of phosphoric acid groups is 1. The Morgan fingerprint density at radius 1 is 0.554 bits per heavy atom. The molecule has 0 aliphatic rings. The van der Waals surface area contributed by atoms with Crippen LogP contribution in [0, 0.1) is 0 Å². The Bertz CT molecular complexity index is 1050. The van der Waals surface area contributed by atoms with Crippen LogP contribution in [0.3, 0.4) is 0 Å². The van der Waals surface area contributed by atoms with Crippen molar-refractivity contribution in [2.75, 3.05) is 47.5 Å². The van der Waals surface area contributed by atoms with Gasteiger partial charge in [-0.05, 0) is 44.9 Å². The minimum absolute atomic E-state index is 0.0390. The second-order valence-electron chi connectivity index (χ2n) is 16.4. The van der Waals surface area contributed by atoms with Gasteiger partial charge in [-0.15, -0.1) is 0 Å². The minimum Gasteiger partial charge on any atom is -0.756 e. The van der Waals surface area contributed by atoms with Gasteiger partial charge in [-0.25, -0.2) is 0 Å². The topological polar surface area (TPSA) is 111 Å². The first-order chi connectivity index (χ1) is 27.0.